The average Bonchev–Trinajstić information content (AvgIpc) is 2.82. The maximum absolute atomic E-state index is 10.1. The lowest BCUT2D eigenvalue weighted by molar-refractivity contribution is 0.166. The minimum absolute atomic E-state index is 0.294. The molecule has 0 aliphatic heterocycles. The average molecular weight is 341 g/mol. The maximum Gasteiger partial charge on any atom is 0.118 e. The fourth-order valence-electron chi connectivity index (χ4n) is 1.91. The van der Waals surface area contributed by atoms with E-state index in [-0.39, 0.29) is 6.10 Å². The molecule has 19 heavy (non-hydrogen) atoms. The molecule has 102 valence electrons. The molecule has 2 rings (SSSR count). The van der Waals surface area contributed by atoms with E-state index in [2.05, 4.69) is 15.9 Å². The Morgan fingerprint density at radius 2 is 2.00 bits per heavy atom. The van der Waals surface area contributed by atoms with Gasteiger partial charge in [0.05, 0.1) is 13.2 Å². The summed E-state index contributed by atoms with van der Waals surface area (Å²) in [6.07, 6.45) is 2.08. The van der Waals surface area contributed by atoms with Gasteiger partial charge in [-0.2, -0.15) is 0 Å². The monoisotopic (exact) mass is 340 g/mol. The minimum Gasteiger partial charge on any atom is -0.497 e. The minimum atomic E-state index is -0.294. The highest BCUT2D eigenvalue weighted by Gasteiger charge is 2.09. The highest BCUT2D eigenvalue weighted by Crippen LogP contribution is 2.25. The first-order valence-corrected chi connectivity index (χ1v) is 7.89. The summed E-state index contributed by atoms with van der Waals surface area (Å²) in [4.78, 5) is 1.21. The van der Waals surface area contributed by atoms with E-state index in [0.29, 0.717) is 6.42 Å². The first-order chi connectivity index (χ1) is 9.19. The second-order valence-corrected chi connectivity index (χ2v) is 6.29. The second kappa shape index (κ2) is 7.08. The van der Waals surface area contributed by atoms with Gasteiger partial charge in [0, 0.05) is 15.8 Å². The predicted octanol–water partition coefficient (Wildman–Crippen LogP) is 4.06. The van der Waals surface area contributed by atoms with Gasteiger partial charge < -0.3 is 9.84 Å². The molecule has 1 aromatic heterocycles. The van der Waals surface area contributed by atoms with Crippen molar-refractivity contribution in [3.8, 4) is 5.75 Å². The van der Waals surface area contributed by atoms with Crippen molar-refractivity contribution in [2.24, 2.45) is 0 Å². The van der Waals surface area contributed by atoms with E-state index in [1.165, 1.54) is 10.4 Å². The van der Waals surface area contributed by atoms with Crippen LogP contribution < -0.4 is 4.74 Å². The number of hydrogen-bond acceptors (Lipinski definition) is 3. The summed E-state index contributed by atoms with van der Waals surface area (Å²) in [6.45, 7) is 0. The molecule has 0 fully saturated rings. The molecule has 0 saturated carbocycles. The van der Waals surface area contributed by atoms with Gasteiger partial charge in [-0.05, 0) is 57.9 Å². The van der Waals surface area contributed by atoms with Gasteiger partial charge in [-0.15, -0.1) is 11.3 Å². The largest absolute Gasteiger partial charge is 0.497 e. The van der Waals surface area contributed by atoms with Crippen molar-refractivity contribution in [3.63, 3.8) is 0 Å². The number of aliphatic hydroxyl groups is 1. The zero-order valence-electron chi connectivity index (χ0n) is 10.8. The quantitative estimate of drug-likeness (QED) is 0.859. The van der Waals surface area contributed by atoms with E-state index in [9.17, 15) is 5.11 Å². The van der Waals surface area contributed by atoms with Crippen LogP contribution in [0, 0.1) is 0 Å². The number of rotatable bonds is 6. The van der Waals surface area contributed by atoms with Gasteiger partial charge in [0.25, 0.3) is 0 Å². The molecular weight excluding hydrogens is 324 g/mol. The van der Waals surface area contributed by atoms with Gasteiger partial charge in [-0.25, -0.2) is 0 Å². The first kappa shape index (κ1) is 14.6. The zero-order valence-corrected chi connectivity index (χ0v) is 13.2. The molecule has 0 amide bonds. The summed E-state index contributed by atoms with van der Waals surface area (Å²) in [5, 5.41) is 12.1. The molecule has 1 atom stereocenters. The molecule has 1 heterocycles. The van der Waals surface area contributed by atoms with E-state index >= 15 is 0 Å². The third kappa shape index (κ3) is 4.34. The fraction of sp³-hybridized carbons (Fsp3) is 0.333. The Hall–Kier alpha value is -0.840. The van der Waals surface area contributed by atoms with Crippen LogP contribution in [0.3, 0.4) is 0 Å². The third-order valence-electron chi connectivity index (χ3n) is 3.04. The van der Waals surface area contributed by atoms with Crippen molar-refractivity contribution in [2.75, 3.05) is 7.11 Å². The van der Waals surface area contributed by atoms with Crippen molar-refractivity contribution >= 4 is 27.3 Å². The number of aryl methyl sites for hydroxylation is 1. The van der Waals surface area contributed by atoms with E-state index in [1.54, 1.807) is 18.4 Å². The number of aliphatic hydroxyl groups excluding tert-OH is 1. The Kier molecular flexibility index (Phi) is 5.43. The molecule has 1 aromatic carbocycles. The summed E-state index contributed by atoms with van der Waals surface area (Å²) >= 11 is 5.17. The van der Waals surface area contributed by atoms with Crippen LogP contribution in [0.15, 0.2) is 40.2 Å². The van der Waals surface area contributed by atoms with Gasteiger partial charge in [-0.1, -0.05) is 12.1 Å². The Morgan fingerprint density at radius 1 is 1.26 bits per heavy atom. The van der Waals surface area contributed by atoms with Crippen molar-refractivity contribution in [1.82, 2.24) is 0 Å². The fourth-order valence-corrected chi connectivity index (χ4v) is 3.50. The molecule has 0 spiro atoms. The highest BCUT2D eigenvalue weighted by molar-refractivity contribution is 9.10. The molecule has 0 aliphatic carbocycles. The van der Waals surface area contributed by atoms with E-state index in [0.717, 1.165) is 23.1 Å². The summed E-state index contributed by atoms with van der Waals surface area (Å²) in [5.74, 6) is 0.867. The first-order valence-electron chi connectivity index (χ1n) is 6.22. The lowest BCUT2D eigenvalue weighted by Gasteiger charge is -2.10. The Labute approximate surface area is 126 Å². The summed E-state index contributed by atoms with van der Waals surface area (Å²) in [5.41, 5.74) is 1.23. The molecule has 1 unspecified atom stereocenters. The van der Waals surface area contributed by atoms with E-state index in [1.807, 2.05) is 35.7 Å². The van der Waals surface area contributed by atoms with Crippen molar-refractivity contribution < 1.29 is 9.84 Å². The topological polar surface area (TPSA) is 29.5 Å². The number of methoxy groups -OCH3 is 1. The summed E-state index contributed by atoms with van der Waals surface area (Å²) < 4.78 is 6.22. The normalized spacial score (nSPS) is 12.4. The van der Waals surface area contributed by atoms with Crippen LogP contribution in [0.1, 0.15) is 16.9 Å². The highest BCUT2D eigenvalue weighted by atomic mass is 79.9. The van der Waals surface area contributed by atoms with Crippen LogP contribution in [-0.4, -0.2) is 18.3 Å². The lowest BCUT2D eigenvalue weighted by Crippen LogP contribution is -2.11. The SMILES string of the molecule is COc1ccc(CCC(O)Cc2sccc2Br)cc1. The molecule has 4 heteroatoms. The molecular formula is C15H17BrO2S. The van der Waals surface area contributed by atoms with Gasteiger partial charge in [0.15, 0.2) is 0 Å². The molecule has 0 saturated heterocycles. The molecule has 1 N–H and O–H groups in total. The van der Waals surface area contributed by atoms with Gasteiger partial charge >= 0.3 is 0 Å². The smallest absolute Gasteiger partial charge is 0.118 e. The van der Waals surface area contributed by atoms with Crippen LogP contribution in [0.25, 0.3) is 0 Å². The molecule has 0 aliphatic rings. The maximum atomic E-state index is 10.1. The predicted molar refractivity (Wildman–Crippen MR) is 83.0 cm³/mol. The number of thiophene rings is 1. The van der Waals surface area contributed by atoms with Crippen molar-refractivity contribution in [1.29, 1.82) is 0 Å². The number of hydrogen-bond donors (Lipinski definition) is 1. The molecule has 2 nitrogen and oxygen atoms in total. The van der Waals surface area contributed by atoms with Crippen LogP contribution in [0.2, 0.25) is 0 Å². The van der Waals surface area contributed by atoms with Crippen molar-refractivity contribution in [2.45, 2.75) is 25.4 Å². The number of halogens is 1. The van der Waals surface area contributed by atoms with Crippen LogP contribution in [0.5, 0.6) is 5.75 Å². The summed E-state index contributed by atoms with van der Waals surface area (Å²) in [6, 6.07) is 10.0. The Bertz CT molecular complexity index is 507. The van der Waals surface area contributed by atoms with E-state index < -0.39 is 0 Å². The van der Waals surface area contributed by atoms with Crippen LogP contribution in [-0.2, 0) is 12.8 Å². The third-order valence-corrected chi connectivity index (χ3v) is 4.99. The van der Waals surface area contributed by atoms with Crippen LogP contribution >= 0.6 is 27.3 Å². The summed E-state index contributed by atoms with van der Waals surface area (Å²) in [7, 11) is 1.66. The van der Waals surface area contributed by atoms with Crippen LogP contribution in [0.4, 0.5) is 0 Å². The Balaban J connectivity index is 1.82. The number of benzene rings is 1. The van der Waals surface area contributed by atoms with Gasteiger partial charge in [0.2, 0.25) is 0 Å². The zero-order chi connectivity index (χ0) is 13.7. The lowest BCUT2D eigenvalue weighted by atomic mass is 10.0. The van der Waals surface area contributed by atoms with Gasteiger partial charge in [0.1, 0.15) is 5.75 Å². The van der Waals surface area contributed by atoms with Crippen molar-refractivity contribution in [3.05, 3.63) is 50.6 Å². The number of ether oxygens (including phenoxy) is 1. The standard InChI is InChI=1S/C15H17BrO2S/c1-18-13-6-3-11(4-7-13)2-5-12(17)10-15-14(16)8-9-19-15/h3-4,6-9,12,17H,2,5,10H2,1H3. The second-order valence-electron chi connectivity index (χ2n) is 4.44. The van der Waals surface area contributed by atoms with Gasteiger partial charge in [-0.3, -0.25) is 0 Å². The Morgan fingerprint density at radius 3 is 2.58 bits per heavy atom. The molecule has 0 radical (unpaired) electrons. The molecule has 2 aromatic rings. The molecule has 0 bridgehead atoms. The van der Waals surface area contributed by atoms with E-state index in [4.69, 9.17) is 4.74 Å².